The highest BCUT2D eigenvalue weighted by atomic mass is 16.7. The van der Waals surface area contributed by atoms with Crippen LogP contribution in [0.4, 0.5) is 0 Å². The summed E-state index contributed by atoms with van der Waals surface area (Å²) < 4.78 is 19.1. The van der Waals surface area contributed by atoms with Gasteiger partial charge in [-0.2, -0.15) is 0 Å². The highest BCUT2D eigenvalue weighted by Crippen LogP contribution is 2.63. The van der Waals surface area contributed by atoms with Crippen LogP contribution in [0.25, 0.3) is 0 Å². The molecule has 184 valence electrons. The number of fused-ring (bicyclic) bond motifs is 3. The fraction of sp³-hybridized carbons (Fsp3) is 0.929. The topological polar surface area (TPSA) is 30.9 Å². The zero-order chi connectivity index (χ0) is 22.8. The van der Waals surface area contributed by atoms with Gasteiger partial charge in [-0.25, -0.2) is 0 Å². The van der Waals surface area contributed by atoms with E-state index in [9.17, 15) is 0 Å². The van der Waals surface area contributed by atoms with Crippen LogP contribution in [0, 0.1) is 28.6 Å². The summed E-state index contributed by atoms with van der Waals surface area (Å²) in [4.78, 5) is 2.22. The largest absolute Gasteiger partial charge is 0.381 e. The van der Waals surface area contributed by atoms with Crippen LogP contribution in [0.3, 0.4) is 0 Å². The van der Waals surface area contributed by atoms with Crippen LogP contribution in [0.1, 0.15) is 84.5 Å². The van der Waals surface area contributed by atoms with Crippen LogP contribution in [0.2, 0.25) is 0 Å². The molecule has 0 radical (unpaired) electrons. The maximum Gasteiger partial charge on any atom is 0.160 e. The molecule has 0 amide bonds. The van der Waals surface area contributed by atoms with Gasteiger partial charge in [0.25, 0.3) is 0 Å². The first kappa shape index (κ1) is 24.7. The Hall–Kier alpha value is -0.420. The SMILES string of the molecule is C=C1CCC2[C@]3(C)CO[C@@H](C4CCCC4)O[C@@H]3CC[C@@]2(C)[C@@H]1CCCOCCCN(C)C. The monoisotopic (exact) mass is 447 g/mol. The molecule has 1 saturated heterocycles. The summed E-state index contributed by atoms with van der Waals surface area (Å²) >= 11 is 0. The van der Waals surface area contributed by atoms with Crippen LogP contribution in [-0.4, -0.2) is 57.8 Å². The van der Waals surface area contributed by atoms with Gasteiger partial charge in [-0.15, -0.1) is 0 Å². The van der Waals surface area contributed by atoms with E-state index in [-0.39, 0.29) is 11.7 Å². The Labute approximate surface area is 197 Å². The van der Waals surface area contributed by atoms with Crippen molar-refractivity contribution in [2.45, 2.75) is 96.9 Å². The summed E-state index contributed by atoms with van der Waals surface area (Å²) in [7, 11) is 4.25. The average molecular weight is 448 g/mol. The maximum absolute atomic E-state index is 6.72. The molecule has 4 heteroatoms. The number of hydrogen-bond acceptors (Lipinski definition) is 4. The van der Waals surface area contributed by atoms with Crippen molar-refractivity contribution < 1.29 is 14.2 Å². The highest BCUT2D eigenvalue weighted by Gasteiger charge is 2.60. The van der Waals surface area contributed by atoms with Gasteiger partial charge in [0.05, 0.1) is 12.7 Å². The van der Waals surface area contributed by atoms with Crippen LogP contribution in [0.15, 0.2) is 12.2 Å². The van der Waals surface area contributed by atoms with E-state index >= 15 is 0 Å². The molecule has 0 aromatic heterocycles. The lowest BCUT2D eigenvalue weighted by Crippen LogP contribution is -2.61. The minimum absolute atomic E-state index is 0.0546. The zero-order valence-electron chi connectivity index (χ0n) is 21.4. The van der Waals surface area contributed by atoms with Crippen LogP contribution in [-0.2, 0) is 14.2 Å². The fourth-order valence-electron chi connectivity index (χ4n) is 7.84. The van der Waals surface area contributed by atoms with Crippen molar-refractivity contribution in [3.05, 3.63) is 12.2 Å². The summed E-state index contributed by atoms with van der Waals surface area (Å²) in [6, 6.07) is 0. The Morgan fingerprint density at radius 3 is 2.53 bits per heavy atom. The Bertz CT molecular complexity index is 630. The molecule has 4 fully saturated rings. The van der Waals surface area contributed by atoms with Gasteiger partial charge in [0.2, 0.25) is 0 Å². The molecule has 6 atom stereocenters. The smallest absolute Gasteiger partial charge is 0.160 e. The zero-order valence-corrected chi connectivity index (χ0v) is 21.4. The standard InChI is InChI=1S/C28H49NO3/c1-21-13-14-24-27(2,23(21)12-8-18-30-19-9-17-29(4)5)16-15-25-28(24,3)20-31-26(32-25)22-10-6-7-11-22/h22-26H,1,6-20H2,2-5H3/t23-,24?,25-,26-,27+,28+/m1/s1. The molecular formula is C28H49NO3. The molecule has 0 bridgehead atoms. The summed E-state index contributed by atoms with van der Waals surface area (Å²) in [5.74, 6) is 1.90. The molecule has 0 aromatic carbocycles. The van der Waals surface area contributed by atoms with Gasteiger partial charge < -0.3 is 19.1 Å². The number of nitrogens with zero attached hydrogens (tertiary/aromatic N) is 1. The Morgan fingerprint density at radius 1 is 1.03 bits per heavy atom. The van der Waals surface area contributed by atoms with Crippen molar-refractivity contribution in [3.8, 4) is 0 Å². The van der Waals surface area contributed by atoms with Crippen LogP contribution >= 0.6 is 0 Å². The number of hydrogen-bond donors (Lipinski definition) is 0. The number of ether oxygens (including phenoxy) is 3. The molecule has 4 aliphatic rings. The highest BCUT2D eigenvalue weighted by molar-refractivity contribution is 5.18. The van der Waals surface area contributed by atoms with E-state index in [2.05, 4.69) is 39.4 Å². The van der Waals surface area contributed by atoms with Gasteiger partial charge in [-0.3, -0.25) is 0 Å². The molecule has 32 heavy (non-hydrogen) atoms. The van der Waals surface area contributed by atoms with Crippen molar-refractivity contribution in [3.63, 3.8) is 0 Å². The van der Waals surface area contributed by atoms with E-state index in [1.807, 2.05) is 0 Å². The van der Waals surface area contributed by atoms with Crippen molar-refractivity contribution >= 4 is 0 Å². The Kier molecular flexibility index (Phi) is 8.07. The van der Waals surface area contributed by atoms with E-state index in [1.165, 1.54) is 63.4 Å². The van der Waals surface area contributed by atoms with E-state index < -0.39 is 0 Å². The first-order valence-corrected chi connectivity index (χ1v) is 13.5. The van der Waals surface area contributed by atoms with Gasteiger partial charge in [0.1, 0.15) is 0 Å². The second-order valence-corrected chi connectivity index (χ2v) is 12.1. The summed E-state index contributed by atoms with van der Waals surface area (Å²) in [6.07, 6.45) is 14.0. The molecule has 1 heterocycles. The molecule has 3 aliphatic carbocycles. The van der Waals surface area contributed by atoms with Gasteiger partial charge in [-0.1, -0.05) is 38.8 Å². The third kappa shape index (κ3) is 4.99. The third-order valence-corrected chi connectivity index (χ3v) is 9.63. The summed E-state index contributed by atoms with van der Waals surface area (Å²) in [6.45, 7) is 13.3. The molecule has 0 N–H and O–H groups in total. The van der Waals surface area contributed by atoms with E-state index in [0.717, 1.165) is 39.2 Å². The fourth-order valence-corrected chi connectivity index (χ4v) is 7.84. The molecule has 3 saturated carbocycles. The van der Waals surface area contributed by atoms with Crippen molar-refractivity contribution in [2.75, 3.05) is 40.5 Å². The average Bonchev–Trinajstić information content (AvgIpc) is 3.28. The minimum atomic E-state index is 0.0546. The van der Waals surface area contributed by atoms with E-state index in [1.54, 1.807) is 0 Å². The van der Waals surface area contributed by atoms with E-state index in [0.29, 0.717) is 29.3 Å². The van der Waals surface area contributed by atoms with Gasteiger partial charge >= 0.3 is 0 Å². The molecule has 4 rings (SSSR count). The van der Waals surface area contributed by atoms with Crippen molar-refractivity contribution in [1.29, 1.82) is 0 Å². The molecule has 4 nitrogen and oxygen atoms in total. The van der Waals surface area contributed by atoms with Crippen molar-refractivity contribution in [2.24, 2.45) is 28.6 Å². The van der Waals surface area contributed by atoms with Gasteiger partial charge in [-0.05, 0) is 95.7 Å². The lowest BCUT2D eigenvalue weighted by atomic mass is 9.46. The third-order valence-electron chi connectivity index (χ3n) is 9.63. The van der Waals surface area contributed by atoms with Crippen molar-refractivity contribution in [1.82, 2.24) is 4.90 Å². The summed E-state index contributed by atoms with van der Waals surface area (Å²) in [5.41, 5.74) is 1.95. The van der Waals surface area contributed by atoms with E-state index in [4.69, 9.17) is 14.2 Å². The normalized spacial score (nSPS) is 40.5. The molecular weight excluding hydrogens is 398 g/mol. The van der Waals surface area contributed by atoms with Crippen LogP contribution < -0.4 is 0 Å². The molecule has 1 unspecified atom stereocenters. The first-order chi connectivity index (χ1) is 15.3. The molecule has 0 spiro atoms. The predicted octanol–water partition coefficient (Wildman–Crippen LogP) is 6.06. The van der Waals surface area contributed by atoms with Gasteiger partial charge in [0, 0.05) is 24.5 Å². The maximum atomic E-state index is 6.72. The second-order valence-electron chi connectivity index (χ2n) is 12.1. The number of allylic oxidation sites excluding steroid dienone is 1. The molecule has 0 aromatic rings. The predicted molar refractivity (Wildman–Crippen MR) is 131 cm³/mol. The second kappa shape index (κ2) is 10.5. The number of rotatable bonds is 9. The Balaban J connectivity index is 1.34. The minimum Gasteiger partial charge on any atom is -0.381 e. The molecule has 1 aliphatic heterocycles. The van der Waals surface area contributed by atoms with Crippen LogP contribution in [0.5, 0.6) is 0 Å². The Morgan fingerprint density at radius 2 is 1.78 bits per heavy atom. The lowest BCUT2D eigenvalue weighted by molar-refractivity contribution is -0.316. The lowest BCUT2D eigenvalue weighted by Gasteiger charge is -2.63. The summed E-state index contributed by atoms with van der Waals surface area (Å²) in [5, 5.41) is 0. The first-order valence-electron chi connectivity index (χ1n) is 13.5. The quantitative estimate of drug-likeness (QED) is 0.318. The van der Waals surface area contributed by atoms with Gasteiger partial charge in [0.15, 0.2) is 6.29 Å².